The van der Waals surface area contributed by atoms with Gasteiger partial charge in [0, 0.05) is 23.8 Å². The molecule has 4 aromatic rings. The molecule has 1 saturated heterocycles. The predicted octanol–water partition coefficient (Wildman–Crippen LogP) is 0.785. The fourth-order valence-corrected chi connectivity index (χ4v) is 4.54. The summed E-state index contributed by atoms with van der Waals surface area (Å²) < 4.78 is 21.4. The molecule has 0 radical (unpaired) electrons. The number of phenols is 4. The highest BCUT2D eigenvalue weighted by Gasteiger charge is 2.44. The maximum Gasteiger partial charge on any atom is 0.336 e. The van der Waals surface area contributed by atoms with Crippen molar-refractivity contribution in [1.29, 1.82) is 0 Å². The van der Waals surface area contributed by atoms with Crippen molar-refractivity contribution in [2.75, 3.05) is 6.61 Å². The first-order valence-electron chi connectivity index (χ1n) is 13.1. The smallest absolute Gasteiger partial charge is 0.336 e. The van der Waals surface area contributed by atoms with E-state index in [4.69, 9.17) is 18.6 Å². The second-order valence-corrected chi connectivity index (χ2v) is 9.93. The lowest BCUT2D eigenvalue weighted by Crippen LogP contribution is -2.60. The Kier molecular flexibility index (Phi) is 8.54. The highest BCUT2D eigenvalue weighted by Crippen LogP contribution is 2.43. The van der Waals surface area contributed by atoms with Gasteiger partial charge in [0.2, 0.25) is 23.2 Å². The number of carbonyl (C=O) groups is 1. The molecule has 5 unspecified atom stereocenters. The van der Waals surface area contributed by atoms with Gasteiger partial charge in [-0.3, -0.25) is 4.79 Å². The number of benzene rings is 3. The van der Waals surface area contributed by atoms with Gasteiger partial charge in [-0.2, -0.15) is 0 Å². The average molecular weight is 627 g/mol. The van der Waals surface area contributed by atoms with Crippen molar-refractivity contribution < 1.29 is 69.4 Å². The van der Waals surface area contributed by atoms with Crippen LogP contribution >= 0.6 is 0 Å². The Morgan fingerprint density at radius 1 is 0.867 bits per heavy atom. The number of rotatable bonds is 7. The van der Waals surface area contributed by atoms with E-state index in [1.807, 2.05) is 0 Å². The molecule has 0 amide bonds. The third kappa shape index (κ3) is 6.19. The summed E-state index contributed by atoms with van der Waals surface area (Å²) in [5.74, 6) is -5.60. The van der Waals surface area contributed by atoms with Gasteiger partial charge in [-0.25, -0.2) is 4.79 Å². The number of aliphatic hydroxyl groups is 4. The summed E-state index contributed by atoms with van der Waals surface area (Å²) in [5.41, 5.74) is -1.10. The summed E-state index contributed by atoms with van der Waals surface area (Å²) in [6, 6.07) is 9.72. The number of aliphatic hydroxyl groups excluding tert-OH is 4. The van der Waals surface area contributed by atoms with Crippen molar-refractivity contribution in [3.8, 4) is 51.6 Å². The summed E-state index contributed by atoms with van der Waals surface area (Å²) in [6.07, 6.45) is -4.98. The minimum atomic E-state index is -1.61. The van der Waals surface area contributed by atoms with Gasteiger partial charge in [-0.1, -0.05) is 12.1 Å². The first kappa shape index (κ1) is 31.1. The van der Waals surface area contributed by atoms with Crippen LogP contribution in [0.15, 0.2) is 63.8 Å². The van der Waals surface area contributed by atoms with Crippen LogP contribution in [0.1, 0.15) is 5.56 Å². The van der Waals surface area contributed by atoms with Crippen molar-refractivity contribution in [3.05, 3.63) is 70.4 Å². The molecule has 1 aromatic heterocycles. The van der Waals surface area contributed by atoms with Crippen LogP contribution in [0.5, 0.6) is 40.2 Å². The van der Waals surface area contributed by atoms with Crippen LogP contribution in [0.3, 0.4) is 0 Å². The maximum absolute atomic E-state index is 12.7. The fourth-order valence-electron chi connectivity index (χ4n) is 4.54. The van der Waals surface area contributed by atoms with Crippen molar-refractivity contribution >= 4 is 23.0 Å². The molecule has 1 fully saturated rings. The molecular weight excluding hydrogens is 600 g/mol. The Labute approximate surface area is 251 Å². The SMILES string of the molecule is O=C(C=Cc1ccc(OC2OC(CO)C(O)C(O)C2O)cc1)Oc1cc(-c2oc3cc(O)cc(O)c3c(=O)c2O)cc(O)c1O. The predicted molar refractivity (Wildman–Crippen MR) is 152 cm³/mol. The highest BCUT2D eigenvalue weighted by molar-refractivity contribution is 5.90. The average Bonchev–Trinajstić information content (AvgIpc) is 3.00. The van der Waals surface area contributed by atoms with E-state index in [0.29, 0.717) is 5.56 Å². The van der Waals surface area contributed by atoms with Crippen LogP contribution in [-0.4, -0.2) is 89.2 Å². The van der Waals surface area contributed by atoms with Gasteiger partial charge in [0.25, 0.3) is 0 Å². The topological polar surface area (TPSA) is 257 Å². The molecule has 2 heterocycles. The summed E-state index contributed by atoms with van der Waals surface area (Å²) in [4.78, 5) is 25.2. The summed E-state index contributed by atoms with van der Waals surface area (Å²) in [7, 11) is 0. The van der Waals surface area contributed by atoms with Crippen molar-refractivity contribution in [3.63, 3.8) is 0 Å². The Hall–Kier alpha value is -5.32. The third-order valence-corrected chi connectivity index (χ3v) is 6.86. The number of aromatic hydroxyl groups is 5. The zero-order valence-electron chi connectivity index (χ0n) is 22.8. The van der Waals surface area contributed by atoms with Gasteiger partial charge >= 0.3 is 5.97 Å². The van der Waals surface area contributed by atoms with E-state index in [2.05, 4.69) is 0 Å². The third-order valence-electron chi connectivity index (χ3n) is 6.86. The van der Waals surface area contributed by atoms with Gasteiger partial charge < -0.3 is 64.6 Å². The summed E-state index contributed by atoms with van der Waals surface area (Å²) >= 11 is 0. The van der Waals surface area contributed by atoms with Crippen LogP contribution in [0.4, 0.5) is 0 Å². The number of esters is 1. The maximum atomic E-state index is 12.7. The zero-order valence-corrected chi connectivity index (χ0v) is 22.8. The number of carbonyl (C=O) groups excluding carboxylic acids is 1. The molecule has 0 bridgehead atoms. The van der Waals surface area contributed by atoms with E-state index in [-0.39, 0.29) is 16.9 Å². The largest absolute Gasteiger partial charge is 0.508 e. The molecule has 3 aromatic carbocycles. The van der Waals surface area contributed by atoms with Crippen LogP contribution in [0.2, 0.25) is 0 Å². The Morgan fingerprint density at radius 3 is 2.27 bits per heavy atom. The number of ether oxygens (including phenoxy) is 3. The van der Waals surface area contributed by atoms with E-state index in [0.717, 1.165) is 30.3 Å². The molecule has 1 aliphatic heterocycles. The zero-order chi connectivity index (χ0) is 32.6. The molecule has 5 atom stereocenters. The second kappa shape index (κ2) is 12.4. The van der Waals surface area contributed by atoms with Gasteiger partial charge in [-0.05, 0) is 35.9 Å². The summed E-state index contributed by atoms with van der Waals surface area (Å²) in [6.45, 7) is -0.620. The van der Waals surface area contributed by atoms with Crippen LogP contribution in [0.25, 0.3) is 28.4 Å². The monoisotopic (exact) mass is 626 g/mol. The normalized spacial score (nSPS) is 21.6. The van der Waals surface area contributed by atoms with E-state index >= 15 is 0 Å². The standard InChI is InChI=1S/C30H26O15/c31-11-20-24(37)26(39)28(41)30(45-20)42-15-4-1-12(2-5-15)3-6-21(35)43-19-8-13(7-17(34)23(19)36)29-27(40)25(38)22-16(33)9-14(32)10-18(22)44-29/h1-10,20,24,26,28,30-34,36-37,39-41H,11H2. The minimum absolute atomic E-state index is 0.185. The van der Waals surface area contributed by atoms with E-state index in [9.17, 15) is 55.5 Å². The lowest BCUT2D eigenvalue weighted by Gasteiger charge is -2.39. The Morgan fingerprint density at radius 2 is 1.58 bits per heavy atom. The van der Waals surface area contributed by atoms with Crippen LogP contribution in [0, 0.1) is 0 Å². The van der Waals surface area contributed by atoms with E-state index in [1.54, 1.807) is 0 Å². The molecule has 0 spiro atoms. The van der Waals surface area contributed by atoms with Gasteiger partial charge in [-0.15, -0.1) is 0 Å². The molecule has 9 N–H and O–H groups in total. The number of fused-ring (bicyclic) bond motifs is 1. The lowest BCUT2D eigenvalue weighted by atomic mass is 9.99. The van der Waals surface area contributed by atoms with Crippen LogP contribution < -0.4 is 14.9 Å². The Bertz CT molecular complexity index is 1830. The minimum Gasteiger partial charge on any atom is -0.508 e. The number of phenolic OH excluding ortho intramolecular Hbond substituents is 4. The molecule has 45 heavy (non-hydrogen) atoms. The van der Waals surface area contributed by atoms with E-state index in [1.165, 1.54) is 30.3 Å². The molecule has 0 saturated carbocycles. The van der Waals surface area contributed by atoms with Crippen LogP contribution in [-0.2, 0) is 9.53 Å². The first-order chi connectivity index (χ1) is 21.4. The molecule has 1 aliphatic rings. The molecule has 236 valence electrons. The highest BCUT2D eigenvalue weighted by atomic mass is 16.7. The van der Waals surface area contributed by atoms with E-state index < -0.39 is 94.4 Å². The fraction of sp³-hybridized carbons (Fsp3) is 0.200. The molecular formula is C30H26O15. The van der Waals surface area contributed by atoms with Gasteiger partial charge in [0.05, 0.1) is 6.61 Å². The first-order valence-corrected chi connectivity index (χ1v) is 13.1. The van der Waals surface area contributed by atoms with Crippen molar-refractivity contribution in [1.82, 2.24) is 0 Å². The van der Waals surface area contributed by atoms with Crippen molar-refractivity contribution in [2.24, 2.45) is 0 Å². The molecule has 5 rings (SSSR count). The molecule has 15 heteroatoms. The van der Waals surface area contributed by atoms with Crippen molar-refractivity contribution in [2.45, 2.75) is 30.7 Å². The number of hydrogen-bond acceptors (Lipinski definition) is 15. The number of hydrogen-bond donors (Lipinski definition) is 9. The summed E-state index contributed by atoms with van der Waals surface area (Å²) in [5, 5.41) is 89.5. The Balaban J connectivity index is 1.31. The second-order valence-electron chi connectivity index (χ2n) is 9.93. The quantitative estimate of drug-likeness (QED) is 0.0594. The lowest BCUT2D eigenvalue weighted by molar-refractivity contribution is -0.277. The van der Waals surface area contributed by atoms with Gasteiger partial charge in [0.15, 0.2) is 17.3 Å². The van der Waals surface area contributed by atoms with Gasteiger partial charge in [0.1, 0.15) is 52.6 Å². The molecule has 15 nitrogen and oxygen atoms in total. The molecule has 0 aliphatic carbocycles.